The molecule has 1 atom stereocenters. The molecule has 2 N–H and O–H groups in total. The van der Waals surface area contributed by atoms with Crippen LogP contribution in [0.4, 0.5) is 18.9 Å². The third kappa shape index (κ3) is 4.12. The lowest BCUT2D eigenvalue weighted by atomic mass is 10.1. The van der Waals surface area contributed by atoms with Gasteiger partial charge in [-0.3, -0.25) is 9.19 Å². The van der Waals surface area contributed by atoms with Crippen molar-refractivity contribution in [1.82, 2.24) is 9.97 Å². The number of halogens is 3. The summed E-state index contributed by atoms with van der Waals surface area (Å²) in [6, 6.07) is 4.20. The van der Waals surface area contributed by atoms with Gasteiger partial charge in [-0.25, -0.2) is 4.98 Å². The Bertz CT molecular complexity index is 975. The van der Waals surface area contributed by atoms with E-state index in [9.17, 15) is 17.4 Å². The number of hydrogen-bond donors (Lipinski definition) is 1. The molecule has 0 aromatic carbocycles. The Morgan fingerprint density at radius 2 is 2.15 bits per heavy atom. The highest BCUT2D eigenvalue weighted by atomic mass is 32.2. The van der Waals surface area contributed by atoms with Gasteiger partial charge in [0.2, 0.25) is 0 Å². The number of hydrogen-bond acceptors (Lipinski definition) is 6. The molecule has 0 spiro atoms. The minimum Gasteiger partial charge on any atom is -0.396 e. The highest BCUT2D eigenvalue weighted by Gasteiger charge is 2.36. The van der Waals surface area contributed by atoms with Gasteiger partial charge in [0, 0.05) is 42.8 Å². The number of aromatic nitrogens is 2. The Hall–Kier alpha value is -2.04. The summed E-state index contributed by atoms with van der Waals surface area (Å²) in [6.07, 6.45) is -1.15. The van der Waals surface area contributed by atoms with Crippen molar-refractivity contribution >= 4 is 38.0 Å². The average molecular weight is 415 g/mol. The van der Waals surface area contributed by atoms with Crippen LogP contribution in [0.15, 0.2) is 34.8 Å². The van der Waals surface area contributed by atoms with Crippen molar-refractivity contribution in [3.05, 3.63) is 36.2 Å². The molecule has 0 saturated carbocycles. The maximum absolute atomic E-state index is 13.7. The van der Waals surface area contributed by atoms with Crippen LogP contribution in [0.25, 0.3) is 21.5 Å². The minimum absolute atomic E-state index is 0.108. The molecule has 144 valence electrons. The van der Waals surface area contributed by atoms with Crippen molar-refractivity contribution < 1.29 is 22.1 Å². The van der Waals surface area contributed by atoms with Crippen molar-refractivity contribution in [2.24, 2.45) is 0 Å². The first-order valence-electron chi connectivity index (χ1n) is 7.91. The largest absolute Gasteiger partial charge is 0.417 e. The van der Waals surface area contributed by atoms with Crippen LogP contribution in [0, 0.1) is 0 Å². The fourth-order valence-electron chi connectivity index (χ4n) is 2.58. The van der Waals surface area contributed by atoms with Crippen molar-refractivity contribution in [2.45, 2.75) is 16.8 Å². The molecule has 0 bridgehead atoms. The molecule has 10 heteroatoms. The molecule has 0 radical (unpaired) electrons. The first kappa shape index (κ1) is 19.7. The Morgan fingerprint density at radius 1 is 1.37 bits per heavy atom. The Kier molecular flexibility index (Phi) is 5.78. The molecule has 0 aliphatic carbocycles. The molecule has 3 aromatic heterocycles. The Morgan fingerprint density at radius 3 is 2.78 bits per heavy atom. The highest BCUT2D eigenvalue weighted by Crippen LogP contribution is 2.44. The van der Waals surface area contributed by atoms with Crippen LogP contribution < -0.4 is 5.73 Å². The number of nitrogen functional groups attached to an aromatic ring is 1. The normalized spacial score (nSPS) is 13.2. The summed E-state index contributed by atoms with van der Waals surface area (Å²) in [7, 11) is 0.00257. The van der Waals surface area contributed by atoms with Gasteiger partial charge in [0.1, 0.15) is 9.04 Å². The molecule has 0 fully saturated rings. The lowest BCUT2D eigenvalue weighted by Crippen LogP contribution is -2.08. The summed E-state index contributed by atoms with van der Waals surface area (Å²) in [5.74, 6) is 0.252. The Balaban J connectivity index is 2.15. The first-order valence-corrected chi connectivity index (χ1v) is 10.0. The number of ether oxygens (including phenoxy) is 1. The molecule has 0 aliphatic heterocycles. The molecule has 27 heavy (non-hydrogen) atoms. The van der Waals surface area contributed by atoms with Gasteiger partial charge in [0.15, 0.2) is 0 Å². The molecule has 0 aliphatic rings. The van der Waals surface area contributed by atoms with E-state index < -0.39 is 22.5 Å². The van der Waals surface area contributed by atoms with Gasteiger partial charge in [0.25, 0.3) is 0 Å². The SMILES string of the molecule is COCCC[S@@](=O)c1sc2nc(-c3cccnc3)cc(C(F)(F)F)c2c1N. The third-order valence-electron chi connectivity index (χ3n) is 3.81. The van der Waals surface area contributed by atoms with Gasteiger partial charge in [-0.15, -0.1) is 11.3 Å². The van der Waals surface area contributed by atoms with E-state index in [0.29, 0.717) is 18.6 Å². The standard InChI is InChI=1S/C17H16F3N3O2S2/c1-25-6-3-7-27(24)16-14(21)13-11(17(18,19)20)8-12(23-15(13)26-16)10-4-2-5-22-9-10/h2,4-5,8-9H,3,6-7,21H2,1H3/t27-/m1/s1. The monoisotopic (exact) mass is 415 g/mol. The number of nitrogens with zero attached hydrogens (tertiary/aromatic N) is 2. The lowest BCUT2D eigenvalue weighted by Gasteiger charge is -2.11. The molecular formula is C17H16F3N3O2S2. The van der Waals surface area contributed by atoms with E-state index in [1.54, 1.807) is 12.1 Å². The molecular weight excluding hydrogens is 399 g/mol. The van der Waals surface area contributed by atoms with Gasteiger partial charge < -0.3 is 10.5 Å². The quantitative estimate of drug-likeness (QED) is 0.613. The second kappa shape index (κ2) is 7.91. The predicted octanol–water partition coefficient (Wildman–Crippen LogP) is 4.10. The topological polar surface area (TPSA) is 78.1 Å². The highest BCUT2D eigenvalue weighted by molar-refractivity contribution is 7.87. The van der Waals surface area contributed by atoms with Crippen molar-refractivity contribution in [3.8, 4) is 11.3 Å². The number of thiophene rings is 1. The van der Waals surface area contributed by atoms with Crippen LogP contribution in [0.5, 0.6) is 0 Å². The average Bonchev–Trinajstić information content (AvgIpc) is 2.98. The molecule has 3 rings (SSSR count). The maximum atomic E-state index is 13.7. The van der Waals surface area contributed by atoms with Gasteiger partial charge in [-0.1, -0.05) is 0 Å². The number of alkyl halides is 3. The van der Waals surface area contributed by atoms with Crippen LogP contribution in [-0.2, 0) is 21.7 Å². The van der Waals surface area contributed by atoms with Crippen LogP contribution in [0.2, 0.25) is 0 Å². The Labute approximate surface area is 159 Å². The van der Waals surface area contributed by atoms with Crippen LogP contribution in [0.1, 0.15) is 12.0 Å². The summed E-state index contributed by atoms with van der Waals surface area (Å²) in [5.41, 5.74) is 5.55. The van der Waals surface area contributed by atoms with Gasteiger partial charge in [-0.2, -0.15) is 13.2 Å². The van der Waals surface area contributed by atoms with Crippen LogP contribution in [-0.4, -0.2) is 33.6 Å². The van der Waals surface area contributed by atoms with E-state index in [2.05, 4.69) is 9.97 Å². The van der Waals surface area contributed by atoms with Gasteiger partial charge in [-0.05, 0) is 24.6 Å². The molecule has 0 amide bonds. The number of fused-ring (bicyclic) bond motifs is 1. The number of anilines is 1. The maximum Gasteiger partial charge on any atom is 0.417 e. The molecule has 3 aromatic rings. The van der Waals surface area contributed by atoms with Crippen molar-refractivity contribution in [3.63, 3.8) is 0 Å². The first-order chi connectivity index (χ1) is 12.8. The van der Waals surface area contributed by atoms with Crippen molar-refractivity contribution in [2.75, 3.05) is 25.2 Å². The zero-order chi connectivity index (χ0) is 19.6. The lowest BCUT2D eigenvalue weighted by molar-refractivity contribution is -0.136. The number of rotatable bonds is 6. The van der Waals surface area contributed by atoms with E-state index in [1.165, 1.54) is 19.5 Å². The summed E-state index contributed by atoms with van der Waals surface area (Å²) in [6.45, 7) is 0.410. The zero-order valence-corrected chi connectivity index (χ0v) is 15.9. The third-order valence-corrected chi connectivity index (χ3v) is 6.81. The fourth-order valence-corrected chi connectivity index (χ4v) is 5.21. The predicted molar refractivity (Wildman–Crippen MR) is 100 cm³/mol. The molecule has 0 saturated heterocycles. The van der Waals surface area contributed by atoms with Crippen LogP contribution in [0.3, 0.4) is 0 Å². The summed E-state index contributed by atoms with van der Waals surface area (Å²) in [4.78, 5) is 8.35. The smallest absolute Gasteiger partial charge is 0.396 e. The zero-order valence-electron chi connectivity index (χ0n) is 14.2. The van der Waals surface area contributed by atoms with E-state index >= 15 is 0 Å². The van der Waals surface area contributed by atoms with Crippen LogP contribution >= 0.6 is 11.3 Å². The van der Waals surface area contributed by atoms with Crippen molar-refractivity contribution in [1.29, 1.82) is 0 Å². The fraction of sp³-hybridized carbons (Fsp3) is 0.294. The van der Waals surface area contributed by atoms with E-state index in [4.69, 9.17) is 10.5 Å². The summed E-state index contributed by atoms with van der Waals surface area (Å²) in [5, 5.41) is -0.199. The summed E-state index contributed by atoms with van der Waals surface area (Å²) >= 11 is 0.932. The molecule has 5 nitrogen and oxygen atoms in total. The number of pyridine rings is 2. The van der Waals surface area contributed by atoms with Gasteiger partial charge in [0.05, 0.1) is 27.7 Å². The second-order valence-corrected chi connectivity index (χ2v) is 8.44. The number of nitrogens with two attached hydrogens (primary N) is 1. The number of methoxy groups -OCH3 is 1. The second-order valence-electron chi connectivity index (χ2n) is 5.67. The summed E-state index contributed by atoms with van der Waals surface area (Å²) < 4.78 is 58.6. The molecule has 0 unspecified atom stereocenters. The molecule has 3 heterocycles. The van der Waals surface area contributed by atoms with Gasteiger partial charge >= 0.3 is 6.18 Å². The van der Waals surface area contributed by atoms with E-state index in [0.717, 1.165) is 17.4 Å². The van der Waals surface area contributed by atoms with E-state index in [-0.39, 0.29) is 31.6 Å². The van der Waals surface area contributed by atoms with E-state index in [1.807, 2.05) is 0 Å². The minimum atomic E-state index is -4.62.